The Morgan fingerprint density at radius 3 is 2.69 bits per heavy atom. The van der Waals surface area contributed by atoms with Crippen LogP contribution in [0.25, 0.3) is 0 Å². The molecule has 1 heterocycles. The maximum atomic E-state index is 6.11. The average molecular weight is 282 g/mol. The highest BCUT2D eigenvalue weighted by Crippen LogP contribution is 2.17. The van der Waals surface area contributed by atoms with Gasteiger partial charge in [-0.3, -0.25) is 0 Å². The standard InChI is InChI=1S/C13H16BrNO/c14-11-6-4-10(5-7-11)9-12(15)13-3-1-2-8-16-13/h3-7,12H,1-2,8-9,15H2. The van der Waals surface area contributed by atoms with Gasteiger partial charge < -0.3 is 10.5 Å². The summed E-state index contributed by atoms with van der Waals surface area (Å²) in [5.74, 6) is 0.953. The highest BCUT2D eigenvalue weighted by atomic mass is 79.9. The molecule has 86 valence electrons. The van der Waals surface area contributed by atoms with Gasteiger partial charge in [0.15, 0.2) is 0 Å². The monoisotopic (exact) mass is 281 g/mol. The van der Waals surface area contributed by atoms with Gasteiger partial charge >= 0.3 is 0 Å². The van der Waals surface area contributed by atoms with Gasteiger partial charge in [0.1, 0.15) is 5.76 Å². The molecule has 1 unspecified atom stereocenters. The number of allylic oxidation sites excluding steroid dienone is 1. The fourth-order valence-electron chi connectivity index (χ4n) is 1.81. The smallest absolute Gasteiger partial charge is 0.109 e. The molecule has 0 amide bonds. The van der Waals surface area contributed by atoms with E-state index in [9.17, 15) is 0 Å². The first kappa shape index (κ1) is 11.7. The molecule has 0 aliphatic carbocycles. The first-order valence-corrected chi connectivity index (χ1v) is 6.38. The summed E-state index contributed by atoms with van der Waals surface area (Å²) < 4.78 is 6.66. The van der Waals surface area contributed by atoms with Crippen LogP contribution in [-0.2, 0) is 11.2 Å². The minimum absolute atomic E-state index is 0.0125. The molecule has 0 saturated carbocycles. The van der Waals surface area contributed by atoms with Gasteiger partial charge in [0.25, 0.3) is 0 Å². The van der Waals surface area contributed by atoms with Crippen molar-refractivity contribution >= 4 is 15.9 Å². The predicted molar refractivity (Wildman–Crippen MR) is 69.1 cm³/mol. The van der Waals surface area contributed by atoms with E-state index in [1.807, 2.05) is 12.1 Å². The van der Waals surface area contributed by atoms with Gasteiger partial charge in [-0.2, -0.15) is 0 Å². The molecule has 1 atom stereocenters. The van der Waals surface area contributed by atoms with E-state index >= 15 is 0 Å². The Morgan fingerprint density at radius 1 is 1.31 bits per heavy atom. The molecule has 1 aromatic carbocycles. The predicted octanol–water partition coefficient (Wildman–Crippen LogP) is 3.01. The summed E-state index contributed by atoms with van der Waals surface area (Å²) in [7, 11) is 0. The second-order valence-corrected chi connectivity index (χ2v) is 4.95. The quantitative estimate of drug-likeness (QED) is 0.925. The summed E-state index contributed by atoms with van der Waals surface area (Å²) in [4.78, 5) is 0. The third kappa shape index (κ3) is 3.09. The molecule has 0 aromatic heterocycles. The van der Waals surface area contributed by atoms with Gasteiger partial charge in [-0.15, -0.1) is 0 Å². The van der Waals surface area contributed by atoms with Crippen molar-refractivity contribution in [2.45, 2.75) is 25.3 Å². The van der Waals surface area contributed by atoms with E-state index in [4.69, 9.17) is 10.5 Å². The van der Waals surface area contributed by atoms with E-state index in [0.717, 1.165) is 36.1 Å². The summed E-state index contributed by atoms with van der Waals surface area (Å²) in [6, 6.07) is 8.25. The van der Waals surface area contributed by atoms with Gasteiger partial charge in [0, 0.05) is 4.47 Å². The Balaban J connectivity index is 1.98. The Labute approximate surface area is 105 Å². The van der Waals surface area contributed by atoms with E-state index in [1.165, 1.54) is 5.56 Å². The second kappa shape index (κ2) is 5.51. The van der Waals surface area contributed by atoms with Gasteiger partial charge in [-0.05, 0) is 43.0 Å². The summed E-state index contributed by atoms with van der Waals surface area (Å²) in [6.07, 6.45) is 5.14. The van der Waals surface area contributed by atoms with Crippen molar-refractivity contribution in [1.29, 1.82) is 0 Å². The third-order valence-corrected chi connectivity index (χ3v) is 3.23. The molecule has 0 saturated heterocycles. The highest BCUT2D eigenvalue weighted by molar-refractivity contribution is 9.10. The molecule has 16 heavy (non-hydrogen) atoms. The fraction of sp³-hybridized carbons (Fsp3) is 0.385. The molecule has 3 heteroatoms. The van der Waals surface area contributed by atoms with E-state index in [2.05, 4.69) is 34.1 Å². The minimum atomic E-state index is -0.0125. The highest BCUT2D eigenvalue weighted by Gasteiger charge is 2.13. The van der Waals surface area contributed by atoms with Crippen LogP contribution >= 0.6 is 15.9 Å². The van der Waals surface area contributed by atoms with Crippen LogP contribution in [0.4, 0.5) is 0 Å². The number of rotatable bonds is 3. The number of halogens is 1. The Hall–Kier alpha value is -0.800. The zero-order valence-corrected chi connectivity index (χ0v) is 10.7. The molecule has 2 rings (SSSR count). The van der Waals surface area contributed by atoms with E-state index in [-0.39, 0.29) is 6.04 Å². The summed E-state index contributed by atoms with van der Waals surface area (Å²) in [5.41, 5.74) is 7.35. The SMILES string of the molecule is NC(Cc1ccc(Br)cc1)C1=CCCCO1. The molecule has 0 fully saturated rings. The van der Waals surface area contributed by atoms with Crippen LogP contribution in [0, 0.1) is 0 Å². The molecular weight excluding hydrogens is 266 g/mol. The number of nitrogens with two attached hydrogens (primary N) is 1. The van der Waals surface area contributed by atoms with Crippen molar-refractivity contribution < 1.29 is 4.74 Å². The van der Waals surface area contributed by atoms with Crippen LogP contribution in [-0.4, -0.2) is 12.6 Å². The van der Waals surface area contributed by atoms with Crippen molar-refractivity contribution in [2.75, 3.05) is 6.61 Å². The first-order valence-electron chi connectivity index (χ1n) is 5.58. The molecule has 1 aliphatic rings. The first-order chi connectivity index (χ1) is 7.75. The number of hydrogen-bond donors (Lipinski definition) is 1. The maximum Gasteiger partial charge on any atom is 0.109 e. The van der Waals surface area contributed by atoms with Crippen LogP contribution in [0.15, 0.2) is 40.6 Å². The Bertz CT molecular complexity index is 372. The fourth-order valence-corrected chi connectivity index (χ4v) is 2.07. The summed E-state index contributed by atoms with van der Waals surface area (Å²) >= 11 is 3.42. The lowest BCUT2D eigenvalue weighted by molar-refractivity contribution is 0.175. The molecule has 1 aliphatic heterocycles. The van der Waals surface area contributed by atoms with Crippen molar-refractivity contribution in [2.24, 2.45) is 5.73 Å². The average Bonchev–Trinajstić information content (AvgIpc) is 2.33. The van der Waals surface area contributed by atoms with Gasteiger partial charge in [-0.1, -0.05) is 28.1 Å². The molecule has 1 aromatic rings. The number of hydrogen-bond acceptors (Lipinski definition) is 2. The molecule has 0 spiro atoms. The largest absolute Gasteiger partial charge is 0.497 e. The van der Waals surface area contributed by atoms with E-state index in [1.54, 1.807) is 0 Å². The normalized spacial score (nSPS) is 17.5. The topological polar surface area (TPSA) is 35.2 Å². The van der Waals surface area contributed by atoms with Crippen LogP contribution in [0.5, 0.6) is 0 Å². The van der Waals surface area contributed by atoms with Crippen molar-refractivity contribution in [1.82, 2.24) is 0 Å². The van der Waals surface area contributed by atoms with Crippen molar-refractivity contribution in [3.05, 3.63) is 46.1 Å². The van der Waals surface area contributed by atoms with Crippen LogP contribution < -0.4 is 5.73 Å². The van der Waals surface area contributed by atoms with Crippen LogP contribution in [0.1, 0.15) is 18.4 Å². The van der Waals surface area contributed by atoms with E-state index in [0.29, 0.717) is 0 Å². The van der Waals surface area contributed by atoms with Gasteiger partial charge in [-0.25, -0.2) is 0 Å². The Morgan fingerprint density at radius 2 is 2.06 bits per heavy atom. The van der Waals surface area contributed by atoms with Gasteiger partial charge in [0.05, 0.1) is 12.6 Å². The lowest BCUT2D eigenvalue weighted by Gasteiger charge is -2.20. The lowest BCUT2D eigenvalue weighted by atomic mass is 10.0. The van der Waals surface area contributed by atoms with Gasteiger partial charge in [0.2, 0.25) is 0 Å². The van der Waals surface area contributed by atoms with Crippen molar-refractivity contribution in [3.63, 3.8) is 0 Å². The summed E-state index contributed by atoms with van der Waals surface area (Å²) in [6.45, 7) is 0.805. The summed E-state index contributed by atoms with van der Waals surface area (Å²) in [5, 5.41) is 0. The Kier molecular flexibility index (Phi) is 4.02. The third-order valence-electron chi connectivity index (χ3n) is 2.70. The molecule has 0 bridgehead atoms. The molecular formula is C13H16BrNO. The number of ether oxygens (including phenoxy) is 1. The van der Waals surface area contributed by atoms with Crippen LogP contribution in [0.2, 0.25) is 0 Å². The molecule has 2 N–H and O–H groups in total. The minimum Gasteiger partial charge on any atom is -0.497 e. The second-order valence-electron chi connectivity index (χ2n) is 4.03. The van der Waals surface area contributed by atoms with Crippen molar-refractivity contribution in [3.8, 4) is 0 Å². The molecule has 2 nitrogen and oxygen atoms in total. The zero-order chi connectivity index (χ0) is 11.4. The number of benzene rings is 1. The lowest BCUT2D eigenvalue weighted by Crippen LogP contribution is -2.28. The van der Waals surface area contributed by atoms with Crippen LogP contribution in [0.3, 0.4) is 0 Å². The maximum absolute atomic E-state index is 6.11. The molecule has 0 radical (unpaired) electrons. The van der Waals surface area contributed by atoms with E-state index < -0.39 is 0 Å². The zero-order valence-electron chi connectivity index (χ0n) is 9.16.